The maximum atomic E-state index is 11.3. The zero-order valence-corrected chi connectivity index (χ0v) is 9.08. The normalized spacial score (nSPS) is 27.3. The third-order valence-corrected chi connectivity index (χ3v) is 2.70. The minimum Gasteiger partial charge on any atom is -0.481 e. The van der Waals surface area contributed by atoms with Crippen LogP contribution in [0, 0.1) is 5.92 Å². The molecule has 0 aromatic heterocycles. The average Bonchev–Trinajstić information content (AvgIpc) is 2.61. The van der Waals surface area contributed by atoms with E-state index in [0.717, 1.165) is 12.8 Å². The number of hydrogen-bond acceptors (Lipinski definition) is 3. The van der Waals surface area contributed by atoms with Crippen molar-refractivity contribution in [3.05, 3.63) is 0 Å². The molecule has 1 rings (SSSR count). The van der Waals surface area contributed by atoms with Gasteiger partial charge < -0.3 is 15.2 Å². The second kappa shape index (κ2) is 4.61. The summed E-state index contributed by atoms with van der Waals surface area (Å²) >= 11 is 0. The highest BCUT2D eigenvalue weighted by molar-refractivity contribution is 5.96. The molecule has 0 bridgehead atoms. The summed E-state index contributed by atoms with van der Waals surface area (Å²) in [6.07, 6.45) is 1.88. The van der Waals surface area contributed by atoms with Crippen molar-refractivity contribution in [2.75, 3.05) is 13.2 Å². The van der Waals surface area contributed by atoms with Gasteiger partial charge in [-0.05, 0) is 26.7 Å². The number of amides is 1. The molecule has 1 saturated heterocycles. The summed E-state index contributed by atoms with van der Waals surface area (Å²) in [6.45, 7) is 4.38. The molecule has 15 heavy (non-hydrogen) atoms. The van der Waals surface area contributed by atoms with Crippen LogP contribution in [-0.4, -0.2) is 35.7 Å². The lowest BCUT2D eigenvalue weighted by Crippen LogP contribution is -2.43. The molecule has 1 fully saturated rings. The van der Waals surface area contributed by atoms with Gasteiger partial charge in [0.2, 0.25) is 5.91 Å². The third kappa shape index (κ3) is 3.20. The lowest BCUT2D eigenvalue weighted by molar-refractivity contribution is -0.146. The van der Waals surface area contributed by atoms with Gasteiger partial charge in [0, 0.05) is 13.2 Å². The minimum absolute atomic E-state index is 0.326. The Morgan fingerprint density at radius 2 is 2.27 bits per heavy atom. The van der Waals surface area contributed by atoms with Crippen LogP contribution >= 0.6 is 0 Å². The van der Waals surface area contributed by atoms with Gasteiger partial charge in [-0.3, -0.25) is 9.59 Å². The molecule has 2 N–H and O–H groups in total. The monoisotopic (exact) mass is 215 g/mol. The molecule has 2 atom stereocenters. The molecule has 0 saturated carbocycles. The highest BCUT2D eigenvalue weighted by Gasteiger charge is 2.31. The first-order valence-corrected chi connectivity index (χ1v) is 5.09. The third-order valence-electron chi connectivity index (χ3n) is 2.70. The van der Waals surface area contributed by atoms with E-state index in [0.29, 0.717) is 13.2 Å². The fourth-order valence-corrected chi connectivity index (χ4v) is 1.52. The zero-order valence-electron chi connectivity index (χ0n) is 9.08. The Morgan fingerprint density at radius 1 is 1.60 bits per heavy atom. The molecular weight excluding hydrogens is 198 g/mol. The average molecular weight is 215 g/mol. The highest BCUT2D eigenvalue weighted by atomic mass is 16.5. The Hall–Kier alpha value is -1.10. The van der Waals surface area contributed by atoms with Gasteiger partial charge in [-0.15, -0.1) is 0 Å². The molecule has 1 aliphatic rings. The van der Waals surface area contributed by atoms with E-state index in [1.54, 1.807) is 0 Å². The van der Waals surface area contributed by atoms with Crippen molar-refractivity contribution in [3.63, 3.8) is 0 Å². The Morgan fingerprint density at radius 3 is 2.73 bits per heavy atom. The van der Waals surface area contributed by atoms with Crippen molar-refractivity contribution in [3.8, 4) is 0 Å². The molecule has 86 valence electrons. The first kappa shape index (κ1) is 12.0. The van der Waals surface area contributed by atoms with Gasteiger partial charge in [-0.1, -0.05) is 0 Å². The molecule has 1 heterocycles. The van der Waals surface area contributed by atoms with Crippen molar-refractivity contribution in [1.82, 2.24) is 5.32 Å². The molecule has 5 heteroatoms. The standard InChI is InChI=1S/C10H17NO4/c1-7(9(13)14)8(12)11-6-10(2)4-3-5-15-10/h7H,3-6H2,1-2H3,(H,11,12)(H,13,14). The summed E-state index contributed by atoms with van der Waals surface area (Å²) in [5, 5.41) is 11.2. The Balaban J connectivity index is 2.36. The molecule has 0 aromatic carbocycles. The molecule has 0 aromatic rings. The van der Waals surface area contributed by atoms with E-state index in [-0.39, 0.29) is 5.60 Å². The van der Waals surface area contributed by atoms with Crippen LogP contribution in [0.25, 0.3) is 0 Å². The lowest BCUT2D eigenvalue weighted by atomic mass is 10.0. The fourth-order valence-electron chi connectivity index (χ4n) is 1.52. The number of carbonyl (C=O) groups is 2. The van der Waals surface area contributed by atoms with Crippen LogP contribution < -0.4 is 5.32 Å². The largest absolute Gasteiger partial charge is 0.481 e. The lowest BCUT2D eigenvalue weighted by Gasteiger charge is -2.23. The number of carboxylic acid groups (broad SMARTS) is 1. The minimum atomic E-state index is -1.11. The van der Waals surface area contributed by atoms with Gasteiger partial charge in [0.15, 0.2) is 0 Å². The van der Waals surface area contributed by atoms with Crippen LogP contribution in [0.5, 0.6) is 0 Å². The summed E-state index contributed by atoms with van der Waals surface area (Å²) in [4.78, 5) is 21.9. The van der Waals surface area contributed by atoms with E-state index in [4.69, 9.17) is 9.84 Å². The van der Waals surface area contributed by atoms with Gasteiger partial charge >= 0.3 is 5.97 Å². The molecule has 5 nitrogen and oxygen atoms in total. The van der Waals surface area contributed by atoms with E-state index < -0.39 is 17.8 Å². The van der Waals surface area contributed by atoms with Crippen LogP contribution in [0.3, 0.4) is 0 Å². The molecular formula is C10H17NO4. The zero-order chi connectivity index (χ0) is 11.5. The summed E-state index contributed by atoms with van der Waals surface area (Å²) in [6, 6.07) is 0. The molecule has 0 radical (unpaired) electrons. The van der Waals surface area contributed by atoms with Crippen molar-refractivity contribution < 1.29 is 19.4 Å². The fraction of sp³-hybridized carbons (Fsp3) is 0.800. The topological polar surface area (TPSA) is 75.6 Å². The van der Waals surface area contributed by atoms with Gasteiger partial charge in [0.1, 0.15) is 5.92 Å². The predicted molar refractivity (Wildman–Crippen MR) is 53.4 cm³/mol. The first-order chi connectivity index (χ1) is 6.94. The number of rotatable bonds is 4. The van der Waals surface area contributed by atoms with E-state index in [9.17, 15) is 9.59 Å². The Bertz CT molecular complexity index is 258. The number of carboxylic acids is 1. The van der Waals surface area contributed by atoms with Gasteiger partial charge in [0.25, 0.3) is 0 Å². The number of aliphatic carboxylic acids is 1. The van der Waals surface area contributed by atoms with Crippen molar-refractivity contribution >= 4 is 11.9 Å². The molecule has 0 spiro atoms. The van der Waals surface area contributed by atoms with E-state index in [1.165, 1.54) is 6.92 Å². The maximum absolute atomic E-state index is 11.3. The molecule has 1 aliphatic heterocycles. The second-order valence-corrected chi connectivity index (χ2v) is 4.18. The molecule has 0 aliphatic carbocycles. The smallest absolute Gasteiger partial charge is 0.315 e. The summed E-state index contributed by atoms with van der Waals surface area (Å²) in [7, 11) is 0. The van der Waals surface area contributed by atoms with Crippen molar-refractivity contribution in [2.24, 2.45) is 5.92 Å². The van der Waals surface area contributed by atoms with Crippen LogP contribution in [0.2, 0.25) is 0 Å². The predicted octanol–water partition coefficient (Wildman–Crippen LogP) is 0.392. The Labute approximate surface area is 88.8 Å². The SMILES string of the molecule is CC(C(=O)O)C(=O)NCC1(C)CCCO1. The second-order valence-electron chi connectivity index (χ2n) is 4.18. The Kier molecular flexibility index (Phi) is 3.68. The number of carbonyl (C=O) groups excluding carboxylic acids is 1. The van der Waals surface area contributed by atoms with Crippen LogP contribution in [0.4, 0.5) is 0 Å². The van der Waals surface area contributed by atoms with Crippen LogP contribution in [0.1, 0.15) is 26.7 Å². The summed E-state index contributed by atoms with van der Waals surface area (Å²) in [5.41, 5.74) is -0.326. The summed E-state index contributed by atoms with van der Waals surface area (Å²) < 4.78 is 5.47. The number of hydrogen-bond donors (Lipinski definition) is 2. The molecule has 1 amide bonds. The quantitative estimate of drug-likeness (QED) is 0.665. The van der Waals surface area contributed by atoms with E-state index in [2.05, 4.69) is 5.32 Å². The number of ether oxygens (including phenoxy) is 1. The number of nitrogens with one attached hydrogen (secondary N) is 1. The van der Waals surface area contributed by atoms with Gasteiger partial charge in [-0.2, -0.15) is 0 Å². The first-order valence-electron chi connectivity index (χ1n) is 5.09. The summed E-state index contributed by atoms with van der Waals surface area (Å²) in [5.74, 6) is -2.57. The van der Waals surface area contributed by atoms with E-state index in [1.807, 2.05) is 6.92 Å². The van der Waals surface area contributed by atoms with Crippen LogP contribution in [-0.2, 0) is 14.3 Å². The molecule has 2 unspecified atom stereocenters. The highest BCUT2D eigenvalue weighted by Crippen LogP contribution is 2.23. The van der Waals surface area contributed by atoms with Crippen molar-refractivity contribution in [2.45, 2.75) is 32.3 Å². The van der Waals surface area contributed by atoms with Gasteiger partial charge in [0.05, 0.1) is 5.60 Å². The van der Waals surface area contributed by atoms with Gasteiger partial charge in [-0.25, -0.2) is 0 Å². The van der Waals surface area contributed by atoms with Crippen molar-refractivity contribution in [1.29, 1.82) is 0 Å². The van der Waals surface area contributed by atoms with E-state index >= 15 is 0 Å². The maximum Gasteiger partial charge on any atom is 0.315 e. The van der Waals surface area contributed by atoms with Crippen LogP contribution in [0.15, 0.2) is 0 Å².